The second-order valence-corrected chi connectivity index (χ2v) is 5.76. The molecular weight excluding hydrogens is 234 g/mol. The molecule has 0 saturated carbocycles. The Kier molecular flexibility index (Phi) is 3.36. The van der Waals surface area contributed by atoms with Crippen LogP contribution in [0.2, 0.25) is 0 Å². The third kappa shape index (κ3) is 2.62. The lowest BCUT2D eigenvalue weighted by atomic mass is 9.88. The zero-order valence-corrected chi connectivity index (χ0v) is 12.3. The van der Waals surface area contributed by atoms with Gasteiger partial charge in [-0.2, -0.15) is 0 Å². The highest BCUT2D eigenvalue weighted by atomic mass is 16.1. The predicted octanol–water partition coefficient (Wildman–Crippen LogP) is 3.92. The lowest BCUT2D eigenvalue weighted by molar-refractivity contribution is -0.112. The van der Waals surface area contributed by atoms with Gasteiger partial charge >= 0.3 is 0 Å². The Morgan fingerprint density at radius 1 is 1.32 bits per heavy atom. The molecule has 0 fully saturated rings. The molecule has 1 heterocycles. The second-order valence-electron chi connectivity index (χ2n) is 5.76. The van der Waals surface area contributed by atoms with Gasteiger partial charge in [0.1, 0.15) is 0 Å². The van der Waals surface area contributed by atoms with E-state index in [1.54, 1.807) is 13.0 Å². The van der Waals surface area contributed by atoms with Gasteiger partial charge in [-0.15, -0.1) is 0 Å². The van der Waals surface area contributed by atoms with Crippen molar-refractivity contribution in [2.24, 2.45) is 0 Å². The Balaban J connectivity index is 2.47. The van der Waals surface area contributed by atoms with Crippen LogP contribution in [0.1, 0.15) is 38.8 Å². The first-order valence-corrected chi connectivity index (χ1v) is 6.57. The molecule has 0 aliphatic carbocycles. The molecule has 2 nitrogen and oxygen atoms in total. The highest BCUT2D eigenvalue weighted by Gasteiger charge is 2.28. The number of hydrogen-bond donors (Lipinski definition) is 0. The number of allylic oxidation sites excluding steroid dienone is 2. The van der Waals surface area contributed by atoms with Gasteiger partial charge in [0.25, 0.3) is 0 Å². The summed E-state index contributed by atoms with van der Waals surface area (Å²) in [5, 5.41) is 0. The van der Waals surface area contributed by atoms with Crippen molar-refractivity contribution in [3.05, 3.63) is 41.5 Å². The van der Waals surface area contributed by atoms with E-state index < -0.39 is 0 Å². The fourth-order valence-electron chi connectivity index (χ4n) is 2.49. The van der Waals surface area contributed by atoms with E-state index in [0.29, 0.717) is 0 Å². The third-order valence-corrected chi connectivity index (χ3v) is 3.75. The van der Waals surface area contributed by atoms with Crippen LogP contribution in [0.4, 0.5) is 5.69 Å². The van der Waals surface area contributed by atoms with E-state index in [0.717, 1.165) is 5.56 Å². The molecule has 0 saturated heterocycles. The Hall–Kier alpha value is -1.83. The van der Waals surface area contributed by atoms with Crippen LogP contribution in [0.3, 0.4) is 0 Å². The summed E-state index contributed by atoms with van der Waals surface area (Å²) in [6.07, 6.45) is 5.76. The normalized spacial score (nSPS) is 17.3. The van der Waals surface area contributed by atoms with Crippen molar-refractivity contribution in [2.45, 2.75) is 33.2 Å². The third-order valence-electron chi connectivity index (χ3n) is 3.75. The highest BCUT2D eigenvalue weighted by Crippen LogP contribution is 2.38. The van der Waals surface area contributed by atoms with Crippen molar-refractivity contribution in [3.63, 3.8) is 0 Å². The predicted molar refractivity (Wildman–Crippen MR) is 82.3 cm³/mol. The van der Waals surface area contributed by atoms with Gasteiger partial charge in [-0.25, -0.2) is 0 Å². The number of carbonyl (C=O) groups is 1. The smallest absolute Gasteiger partial charge is 0.152 e. The molecule has 0 unspecified atom stereocenters. The molecule has 2 rings (SSSR count). The maximum atomic E-state index is 11.0. The Morgan fingerprint density at radius 3 is 2.63 bits per heavy atom. The van der Waals surface area contributed by atoms with Crippen LogP contribution in [0.5, 0.6) is 0 Å². The second kappa shape index (κ2) is 4.69. The molecule has 0 aromatic heterocycles. The standard InChI is InChI=1S/C17H21NO/c1-12-11-17(3,4)18(5)16-9-8-14(10-15(12)16)7-6-13(2)19/h6-11H,1-5H3. The SMILES string of the molecule is CC(=O)C=Cc1ccc2c(c1)C(C)=CC(C)(C)N2C. The fraction of sp³-hybridized carbons (Fsp3) is 0.353. The van der Waals surface area contributed by atoms with Crippen molar-refractivity contribution in [3.8, 4) is 0 Å². The van der Waals surface area contributed by atoms with Gasteiger partial charge in [0, 0.05) is 18.3 Å². The topological polar surface area (TPSA) is 20.3 Å². The van der Waals surface area contributed by atoms with Crippen LogP contribution in [0, 0.1) is 0 Å². The number of nitrogens with zero attached hydrogens (tertiary/aromatic N) is 1. The van der Waals surface area contributed by atoms with Crippen LogP contribution >= 0.6 is 0 Å². The fourth-order valence-corrected chi connectivity index (χ4v) is 2.49. The van der Waals surface area contributed by atoms with E-state index in [1.807, 2.05) is 6.08 Å². The van der Waals surface area contributed by atoms with Crippen molar-refractivity contribution < 1.29 is 4.79 Å². The average molecular weight is 255 g/mol. The first-order valence-electron chi connectivity index (χ1n) is 6.57. The van der Waals surface area contributed by atoms with Crippen LogP contribution in [-0.2, 0) is 4.79 Å². The first kappa shape index (κ1) is 13.6. The summed E-state index contributed by atoms with van der Waals surface area (Å²) >= 11 is 0. The van der Waals surface area contributed by atoms with Crippen LogP contribution in [0.15, 0.2) is 30.4 Å². The lowest BCUT2D eigenvalue weighted by Crippen LogP contribution is -2.42. The van der Waals surface area contributed by atoms with Gasteiger partial charge in [0.05, 0.1) is 5.54 Å². The summed E-state index contributed by atoms with van der Waals surface area (Å²) in [5.41, 5.74) is 4.87. The van der Waals surface area contributed by atoms with E-state index >= 15 is 0 Å². The van der Waals surface area contributed by atoms with Gasteiger partial charge in [-0.1, -0.05) is 18.2 Å². The van der Waals surface area contributed by atoms with Crippen molar-refractivity contribution in [1.82, 2.24) is 0 Å². The van der Waals surface area contributed by atoms with Gasteiger partial charge in [0.15, 0.2) is 5.78 Å². The summed E-state index contributed by atoms with van der Waals surface area (Å²) in [4.78, 5) is 13.3. The number of hydrogen-bond acceptors (Lipinski definition) is 2. The van der Waals surface area contributed by atoms with E-state index in [1.165, 1.54) is 16.8 Å². The summed E-state index contributed by atoms with van der Waals surface area (Å²) in [5.74, 6) is 0.0724. The molecule has 1 aromatic carbocycles. The molecule has 0 N–H and O–H groups in total. The molecule has 0 amide bonds. The number of anilines is 1. The maximum absolute atomic E-state index is 11.0. The Morgan fingerprint density at radius 2 is 2.00 bits per heavy atom. The molecule has 100 valence electrons. The van der Waals surface area contributed by atoms with Gasteiger partial charge in [-0.3, -0.25) is 4.79 Å². The zero-order chi connectivity index (χ0) is 14.2. The molecule has 0 radical (unpaired) electrons. The molecule has 19 heavy (non-hydrogen) atoms. The first-order chi connectivity index (χ1) is 8.81. The molecule has 0 atom stereocenters. The average Bonchev–Trinajstić information content (AvgIpc) is 2.33. The monoisotopic (exact) mass is 255 g/mol. The highest BCUT2D eigenvalue weighted by molar-refractivity contribution is 5.92. The Labute approximate surface area is 115 Å². The summed E-state index contributed by atoms with van der Waals surface area (Å²) < 4.78 is 0. The molecule has 1 aromatic rings. The minimum Gasteiger partial charge on any atom is -0.366 e. The molecule has 0 bridgehead atoms. The minimum atomic E-state index is 0.0355. The molecule has 0 spiro atoms. The van der Waals surface area contributed by atoms with E-state index in [2.05, 4.69) is 57.0 Å². The largest absolute Gasteiger partial charge is 0.366 e. The van der Waals surface area contributed by atoms with E-state index in [9.17, 15) is 4.79 Å². The maximum Gasteiger partial charge on any atom is 0.152 e. The Bertz CT molecular complexity index is 579. The van der Waals surface area contributed by atoms with E-state index in [4.69, 9.17) is 0 Å². The van der Waals surface area contributed by atoms with Crippen molar-refractivity contribution in [2.75, 3.05) is 11.9 Å². The van der Waals surface area contributed by atoms with Crippen LogP contribution in [-0.4, -0.2) is 18.4 Å². The number of ketones is 1. The number of fused-ring (bicyclic) bond motifs is 1. The van der Waals surface area contributed by atoms with Crippen LogP contribution in [0.25, 0.3) is 11.6 Å². The number of carbonyl (C=O) groups excluding carboxylic acids is 1. The van der Waals surface area contributed by atoms with Crippen molar-refractivity contribution in [1.29, 1.82) is 0 Å². The number of likely N-dealkylation sites (N-methyl/N-ethyl adjacent to an activating group) is 1. The minimum absolute atomic E-state index is 0.0355. The summed E-state index contributed by atoms with van der Waals surface area (Å²) in [6.45, 7) is 8.13. The van der Waals surface area contributed by atoms with Crippen molar-refractivity contribution >= 4 is 23.1 Å². The molecule has 1 aliphatic heterocycles. The number of benzene rings is 1. The number of rotatable bonds is 2. The van der Waals surface area contributed by atoms with Gasteiger partial charge in [0.2, 0.25) is 0 Å². The summed E-state index contributed by atoms with van der Waals surface area (Å²) in [7, 11) is 2.12. The zero-order valence-electron chi connectivity index (χ0n) is 12.3. The van der Waals surface area contributed by atoms with Gasteiger partial charge < -0.3 is 4.90 Å². The molecular formula is C17H21NO. The van der Waals surface area contributed by atoms with E-state index in [-0.39, 0.29) is 11.3 Å². The van der Waals surface area contributed by atoms with Crippen LogP contribution < -0.4 is 4.90 Å². The lowest BCUT2D eigenvalue weighted by Gasteiger charge is -2.40. The molecule has 2 heteroatoms. The quantitative estimate of drug-likeness (QED) is 0.746. The van der Waals surface area contributed by atoms with Gasteiger partial charge in [-0.05, 0) is 57.0 Å². The summed E-state index contributed by atoms with van der Waals surface area (Å²) in [6, 6.07) is 6.34. The molecule has 1 aliphatic rings.